The van der Waals surface area contributed by atoms with E-state index in [1.54, 1.807) is 0 Å². The molecular formula is C20H27N3O4S. The van der Waals surface area contributed by atoms with Gasteiger partial charge in [0.1, 0.15) is 5.75 Å². The van der Waals surface area contributed by atoms with E-state index in [9.17, 15) is 8.42 Å². The molecule has 1 aromatic heterocycles. The fraction of sp³-hybridized carbons (Fsp3) is 0.550. The van der Waals surface area contributed by atoms with Gasteiger partial charge < -0.3 is 9.47 Å². The topological polar surface area (TPSA) is 82.4 Å². The van der Waals surface area contributed by atoms with Crippen molar-refractivity contribution < 1.29 is 17.9 Å². The van der Waals surface area contributed by atoms with Crippen LogP contribution in [0.5, 0.6) is 5.75 Å². The molecule has 28 heavy (non-hydrogen) atoms. The zero-order valence-corrected chi connectivity index (χ0v) is 16.9. The lowest BCUT2D eigenvalue weighted by atomic mass is 9.98. The Bertz CT molecular complexity index is 890. The van der Waals surface area contributed by atoms with Gasteiger partial charge in [0.15, 0.2) is 0 Å². The number of aromatic nitrogens is 2. The van der Waals surface area contributed by atoms with Gasteiger partial charge >= 0.3 is 0 Å². The molecule has 8 heteroatoms. The van der Waals surface area contributed by atoms with Crippen LogP contribution in [0.1, 0.15) is 31.7 Å². The van der Waals surface area contributed by atoms with Crippen molar-refractivity contribution in [3.05, 3.63) is 42.2 Å². The first-order chi connectivity index (χ1) is 13.5. The number of sulfonamides is 1. The van der Waals surface area contributed by atoms with Crippen molar-refractivity contribution in [3.8, 4) is 11.4 Å². The Morgan fingerprint density at radius 1 is 1.25 bits per heavy atom. The summed E-state index contributed by atoms with van der Waals surface area (Å²) in [6.07, 6.45) is 7.06. The Labute approximate surface area is 166 Å². The Kier molecular flexibility index (Phi) is 5.70. The average molecular weight is 406 g/mol. The summed E-state index contributed by atoms with van der Waals surface area (Å²) in [6.45, 7) is 3.60. The summed E-state index contributed by atoms with van der Waals surface area (Å²) in [7, 11) is -3.21. The maximum Gasteiger partial charge on any atom is 0.214 e. The monoisotopic (exact) mass is 405 g/mol. The van der Waals surface area contributed by atoms with E-state index in [-0.39, 0.29) is 17.2 Å². The Morgan fingerprint density at radius 3 is 2.71 bits per heavy atom. The molecule has 1 aliphatic heterocycles. The van der Waals surface area contributed by atoms with Gasteiger partial charge in [0.2, 0.25) is 10.0 Å². The SMILES string of the molecule is CCc1cnn(-c2ccc(OC[C@H]3COCC[C@@H]3NS(=O)(=O)C3CC3)cc2)c1. The molecule has 0 unspecified atom stereocenters. The molecule has 2 atom stereocenters. The van der Waals surface area contributed by atoms with E-state index >= 15 is 0 Å². The van der Waals surface area contributed by atoms with Gasteiger partial charge in [-0.1, -0.05) is 6.92 Å². The van der Waals surface area contributed by atoms with Crippen molar-refractivity contribution in [3.63, 3.8) is 0 Å². The largest absolute Gasteiger partial charge is 0.493 e. The minimum Gasteiger partial charge on any atom is -0.493 e. The number of hydrogen-bond donors (Lipinski definition) is 1. The fourth-order valence-corrected chi connectivity index (χ4v) is 5.07. The van der Waals surface area contributed by atoms with Gasteiger partial charge in [0, 0.05) is 24.8 Å². The molecule has 1 aromatic carbocycles. The summed E-state index contributed by atoms with van der Waals surface area (Å²) >= 11 is 0. The Morgan fingerprint density at radius 2 is 2.04 bits per heavy atom. The zero-order valence-electron chi connectivity index (χ0n) is 16.1. The second-order valence-corrected chi connectivity index (χ2v) is 9.54. The molecule has 1 saturated heterocycles. The standard InChI is InChI=1S/C20H27N3O4S/c1-2-15-11-21-23(12-15)17-3-5-18(6-4-17)27-14-16-13-26-10-9-20(16)22-28(24,25)19-7-8-19/h3-6,11-12,16,19-20,22H,2,7-10,13-14H2,1H3/t16-,20+/m1/s1. The lowest BCUT2D eigenvalue weighted by Gasteiger charge is -2.31. The molecule has 0 radical (unpaired) electrons. The van der Waals surface area contributed by atoms with E-state index in [1.165, 1.54) is 5.56 Å². The third kappa shape index (κ3) is 4.56. The Hall–Kier alpha value is -1.90. The second kappa shape index (κ2) is 8.23. The molecule has 0 bridgehead atoms. The molecule has 2 fully saturated rings. The second-order valence-electron chi connectivity index (χ2n) is 7.54. The first kappa shape index (κ1) is 19.4. The normalized spacial score (nSPS) is 22.9. The summed E-state index contributed by atoms with van der Waals surface area (Å²) in [5.41, 5.74) is 2.17. The number of ether oxygens (including phenoxy) is 2. The van der Waals surface area contributed by atoms with Crippen LogP contribution in [0.2, 0.25) is 0 Å². The molecule has 1 aliphatic carbocycles. The summed E-state index contributed by atoms with van der Waals surface area (Å²) < 4.78 is 40.8. The van der Waals surface area contributed by atoms with Crippen LogP contribution in [0.25, 0.3) is 5.69 Å². The zero-order chi connectivity index (χ0) is 19.6. The third-order valence-electron chi connectivity index (χ3n) is 5.36. The summed E-state index contributed by atoms with van der Waals surface area (Å²) in [5.74, 6) is 0.751. The first-order valence-corrected chi connectivity index (χ1v) is 11.5. The van der Waals surface area contributed by atoms with Crippen LogP contribution in [-0.4, -0.2) is 49.3 Å². The third-order valence-corrected chi connectivity index (χ3v) is 7.34. The van der Waals surface area contributed by atoms with E-state index in [1.807, 2.05) is 41.3 Å². The minimum atomic E-state index is -3.21. The van der Waals surface area contributed by atoms with Crippen molar-refractivity contribution >= 4 is 10.0 Å². The lowest BCUT2D eigenvalue weighted by molar-refractivity contribution is 0.0186. The van der Waals surface area contributed by atoms with Gasteiger partial charge in [-0.2, -0.15) is 5.10 Å². The highest BCUT2D eigenvalue weighted by molar-refractivity contribution is 7.90. The Balaban J connectivity index is 1.35. The van der Waals surface area contributed by atoms with E-state index < -0.39 is 10.0 Å². The van der Waals surface area contributed by atoms with Gasteiger partial charge in [-0.25, -0.2) is 17.8 Å². The molecule has 0 amide bonds. The van der Waals surface area contributed by atoms with E-state index in [2.05, 4.69) is 16.7 Å². The van der Waals surface area contributed by atoms with Crippen molar-refractivity contribution in [2.24, 2.45) is 5.92 Å². The molecule has 0 spiro atoms. The van der Waals surface area contributed by atoms with Crippen LogP contribution in [-0.2, 0) is 21.2 Å². The highest BCUT2D eigenvalue weighted by Crippen LogP contribution is 2.29. The molecule has 2 aromatic rings. The van der Waals surface area contributed by atoms with Gasteiger partial charge in [0.05, 0.1) is 30.3 Å². The maximum atomic E-state index is 12.3. The highest BCUT2D eigenvalue weighted by atomic mass is 32.2. The molecule has 1 N–H and O–H groups in total. The van der Waals surface area contributed by atoms with E-state index in [4.69, 9.17) is 9.47 Å². The molecule has 1 saturated carbocycles. The van der Waals surface area contributed by atoms with Crippen molar-refractivity contribution in [1.29, 1.82) is 0 Å². The predicted molar refractivity (Wildman–Crippen MR) is 106 cm³/mol. The summed E-state index contributed by atoms with van der Waals surface area (Å²) in [5, 5.41) is 4.16. The van der Waals surface area contributed by atoms with Crippen LogP contribution in [0.3, 0.4) is 0 Å². The quantitative estimate of drug-likeness (QED) is 0.729. The predicted octanol–water partition coefficient (Wildman–Crippen LogP) is 2.30. The maximum absolute atomic E-state index is 12.3. The average Bonchev–Trinajstić information content (AvgIpc) is 3.47. The smallest absolute Gasteiger partial charge is 0.214 e. The number of aryl methyl sites for hydroxylation is 1. The van der Waals surface area contributed by atoms with Crippen LogP contribution < -0.4 is 9.46 Å². The van der Waals surface area contributed by atoms with E-state index in [0.717, 1.165) is 30.7 Å². The number of nitrogens with one attached hydrogen (secondary N) is 1. The fourth-order valence-electron chi connectivity index (χ4n) is 3.38. The summed E-state index contributed by atoms with van der Waals surface area (Å²) in [4.78, 5) is 0. The van der Waals surface area contributed by atoms with Gasteiger partial charge in [-0.15, -0.1) is 0 Å². The van der Waals surface area contributed by atoms with Crippen molar-refractivity contribution in [2.45, 2.75) is 43.9 Å². The van der Waals surface area contributed by atoms with Crippen LogP contribution in [0.15, 0.2) is 36.7 Å². The number of rotatable bonds is 8. The van der Waals surface area contributed by atoms with Gasteiger partial charge in [0.25, 0.3) is 0 Å². The van der Waals surface area contributed by atoms with Crippen molar-refractivity contribution in [1.82, 2.24) is 14.5 Å². The lowest BCUT2D eigenvalue weighted by Crippen LogP contribution is -2.48. The molecule has 4 rings (SSSR count). The van der Waals surface area contributed by atoms with Gasteiger partial charge in [-0.3, -0.25) is 0 Å². The number of hydrogen-bond acceptors (Lipinski definition) is 5. The first-order valence-electron chi connectivity index (χ1n) is 9.91. The molecule has 7 nitrogen and oxygen atoms in total. The number of nitrogens with zero attached hydrogens (tertiary/aromatic N) is 2. The van der Waals surface area contributed by atoms with Crippen LogP contribution >= 0.6 is 0 Å². The molecule has 152 valence electrons. The highest BCUT2D eigenvalue weighted by Gasteiger charge is 2.39. The van der Waals surface area contributed by atoms with Gasteiger partial charge in [-0.05, 0) is 55.5 Å². The van der Waals surface area contributed by atoms with Crippen LogP contribution in [0, 0.1) is 5.92 Å². The molecular weight excluding hydrogens is 378 g/mol. The molecule has 2 heterocycles. The van der Waals surface area contributed by atoms with Crippen LogP contribution in [0.4, 0.5) is 0 Å². The molecule has 2 aliphatic rings. The number of benzene rings is 1. The summed E-state index contributed by atoms with van der Waals surface area (Å²) in [6, 6.07) is 7.62. The van der Waals surface area contributed by atoms with Crippen molar-refractivity contribution in [2.75, 3.05) is 19.8 Å². The minimum absolute atomic E-state index is 0.000166. The van der Waals surface area contributed by atoms with E-state index in [0.29, 0.717) is 26.2 Å².